The lowest BCUT2D eigenvalue weighted by molar-refractivity contribution is -0.151. The highest BCUT2D eigenvalue weighted by atomic mass is 16.5. The molecule has 0 bridgehead atoms. The first-order chi connectivity index (χ1) is 18.1. The number of carbonyl (C=O) groups excluding carboxylic acids is 1. The molecule has 3 N–H and O–H groups in total. The van der Waals surface area contributed by atoms with E-state index in [1.807, 2.05) is 91.0 Å². The van der Waals surface area contributed by atoms with E-state index < -0.39 is 5.41 Å². The van der Waals surface area contributed by atoms with Gasteiger partial charge in [0.25, 0.3) is 0 Å². The van der Waals surface area contributed by atoms with E-state index in [0.29, 0.717) is 11.8 Å². The van der Waals surface area contributed by atoms with Gasteiger partial charge in [-0.15, -0.1) is 0 Å². The van der Waals surface area contributed by atoms with Gasteiger partial charge in [-0.3, -0.25) is 4.79 Å². The molecule has 1 aliphatic rings. The lowest BCUT2D eigenvalue weighted by Gasteiger charge is -2.39. The maximum absolute atomic E-state index is 12.4. The number of aliphatic hydroxyl groups excluding tert-OH is 1. The molecule has 1 atom stereocenters. The standard InChI is InChI=1S/C30H30N4O3/c1-37-28(36)30(17-8-18-30)23-13-15-24(16-14-23)31-29-33-25(21-9-4-2-5-10-21)19-27(34-29)32-26(20-35)22-11-6-3-7-12-22/h2-7,9-16,19,26,35H,8,17-18,20H2,1H3,(H2,31,32,33,34)/t26-/m1/s1. The first-order valence-corrected chi connectivity index (χ1v) is 12.4. The number of ether oxygens (including phenoxy) is 1. The number of carbonyl (C=O) groups is 1. The Hall–Kier alpha value is -4.23. The second-order valence-electron chi connectivity index (χ2n) is 9.25. The van der Waals surface area contributed by atoms with Crippen molar-refractivity contribution in [1.29, 1.82) is 0 Å². The van der Waals surface area contributed by atoms with Crippen LogP contribution in [0.5, 0.6) is 0 Å². The molecule has 4 aromatic rings. The van der Waals surface area contributed by atoms with Crippen LogP contribution in [0.15, 0.2) is 91.0 Å². The van der Waals surface area contributed by atoms with E-state index in [1.54, 1.807) is 0 Å². The van der Waals surface area contributed by atoms with E-state index in [2.05, 4.69) is 15.6 Å². The predicted octanol–water partition coefficient (Wildman–Crippen LogP) is 5.63. The van der Waals surface area contributed by atoms with Crippen molar-refractivity contribution in [2.45, 2.75) is 30.7 Å². The van der Waals surface area contributed by atoms with E-state index in [4.69, 9.17) is 9.72 Å². The molecule has 0 amide bonds. The second-order valence-corrected chi connectivity index (χ2v) is 9.25. The molecule has 0 aliphatic heterocycles. The van der Waals surface area contributed by atoms with E-state index in [0.717, 1.165) is 47.3 Å². The second kappa shape index (κ2) is 10.8. The Morgan fingerprint density at radius 2 is 1.65 bits per heavy atom. The number of benzene rings is 3. The van der Waals surface area contributed by atoms with E-state index in [1.165, 1.54) is 7.11 Å². The normalized spacial score (nSPS) is 14.8. The number of hydrogen-bond acceptors (Lipinski definition) is 7. The van der Waals surface area contributed by atoms with Crippen molar-refractivity contribution in [2.75, 3.05) is 24.4 Å². The molecule has 7 heteroatoms. The molecule has 1 heterocycles. The Morgan fingerprint density at radius 3 is 2.24 bits per heavy atom. The molecular formula is C30H30N4O3. The number of nitrogens with one attached hydrogen (secondary N) is 2. The van der Waals surface area contributed by atoms with Crippen molar-refractivity contribution in [3.8, 4) is 11.3 Å². The minimum Gasteiger partial charge on any atom is -0.468 e. The Bertz CT molecular complexity index is 1340. The monoisotopic (exact) mass is 494 g/mol. The minimum atomic E-state index is -0.537. The molecule has 1 aliphatic carbocycles. The number of hydrogen-bond donors (Lipinski definition) is 3. The summed E-state index contributed by atoms with van der Waals surface area (Å²) in [6, 6.07) is 29.0. The van der Waals surface area contributed by atoms with Gasteiger partial charge in [-0.05, 0) is 36.1 Å². The third kappa shape index (κ3) is 5.17. The number of methoxy groups -OCH3 is 1. The molecule has 1 saturated carbocycles. The van der Waals surface area contributed by atoms with Crippen LogP contribution in [0, 0.1) is 0 Å². The Balaban J connectivity index is 1.43. The molecular weight excluding hydrogens is 464 g/mol. The summed E-state index contributed by atoms with van der Waals surface area (Å²) in [5.74, 6) is 0.841. The van der Waals surface area contributed by atoms with Gasteiger partial charge in [0.15, 0.2) is 0 Å². The van der Waals surface area contributed by atoms with Crippen molar-refractivity contribution in [3.05, 3.63) is 102 Å². The first kappa shape index (κ1) is 24.5. The van der Waals surface area contributed by atoms with E-state index in [9.17, 15) is 9.90 Å². The minimum absolute atomic E-state index is 0.0825. The fraction of sp³-hybridized carbons (Fsp3) is 0.233. The number of rotatable bonds is 9. The van der Waals surface area contributed by atoms with Crippen LogP contribution in [0.2, 0.25) is 0 Å². The maximum Gasteiger partial charge on any atom is 0.316 e. The predicted molar refractivity (Wildman–Crippen MR) is 145 cm³/mol. The summed E-state index contributed by atoms with van der Waals surface area (Å²) in [5, 5.41) is 16.7. The summed E-state index contributed by atoms with van der Waals surface area (Å²) >= 11 is 0. The molecule has 1 fully saturated rings. The topological polar surface area (TPSA) is 96.4 Å². The fourth-order valence-corrected chi connectivity index (χ4v) is 4.77. The zero-order valence-electron chi connectivity index (χ0n) is 20.7. The van der Waals surface area contributed by atoms with Crippen LogP contribution in [0.25, 0.3) is 11.3 Å². The van der Waals surface area contributed by atoms with Gasteiger partial charge in [0.1, 0.15) is 5.82 Å². The number of anilines is 3. The van der Waals surface area contributed by atoms with Gasteiger partial charge in [-0.25, -0.2) is 4.98 Å². The molecule has 188 valence electrons. The van der Waals surface area contributed by atoms with E-state index >= 15 is 0 Å². The van der Waals surface area contributed by atoms with Crippen LogP contribution in [0.1, 0.15) is 36.4 Å². The van der Waals surface area contributed by atoms with Crippen LogP contribution >= 0.6 is 0 Å². The molecule has 7 nitrogen and oxygen atoms in total. The first-order valence-electron chi connectivity index (χ1n) is 12.4. The number of nitrogens with zero attached hydrogens (tertiary/aromatic N) is 2. The molecule has 0 unspecified atom stereocenters. The van der Waals surface area contributed by atoms with Crippen LogP contribution in [0.4, 0.5) is 17.5 Å². The van der Waals surface area contributed by atoms with Gasteiger partial charge in [0, 0.05) is 17.3 Å². The van der Waals surface area contributed by atoms with Crippen LogP contribution in [-0.4, -0.2) is 34.8 Å². The van der Waals surface area contributed by atoms with Crippen LogP contribution in [0.3, 0.4) is 0 Å². The highest BCUT2D eigenvalue weighted by Crippen LogP contribution is 2.45. The van der Waals surface area contributed by atoms with Gasteiger partial charge in [-0.1, -0.05) is 79.2 Å². The smallest absolute Gasteiger partial charge is 0.316 e. The third-order valence-corrected chi connectivity index (χ3v) is 6.98. The van der Waals surface area contributed by atoms with Crippen LogP contribution in [-0.2, 0) is 14.9 Å². The summed E-state index contributed by atoms with van der Waals surface area (Å²) in [6.07, 6.45) is 2.62. The lowest BCUT2D eigenvalue weighted by Crippen LogP contribution is -2.43. The van der Waals surface area contributed by atoms with Gasteiger partial charge >= 0.3 is 5.97 Å². The summed E-state index contributed by atoms with van der Waals surface area (Å²) in [7, 11) is 1.44. The fourth-order valence-electron chi connectivity index (χ4n) is 4.77. The zero-order chi connectivity index (χ0) is 25.7. The van der Waals surface area contributed by atoms with Gasteiger partial charge < -0.3 is 20.5 Å². The van der Waals surface area contributed by atoms with E-state index in [-0.39, 0.29) is 18.6 Å². The highest BCUT2D eigenvalue weighted by molar-refractivity contribution is 5.84. The Kier molecular flexibility index (Phi) is 7.14. The van der Waals surface area contributed by atoms with Gasteiger partial charge in [0.2, 0.25) is 5.95 Å². The summed E-state index contributed by atoms with van der Waals surface area (Å²) in [5.41, 5.74) is 3.90. The molecule has 1 aromatic heterocycles. The molecule has 0 saturated heterocycles. The van der Waals surface area contributed by atoms with Crippen molar-refractivity contribution in [3.63, 3.8) is 0 Å². The molecule has 37 heavy (non-hydrogen) atoms. The number of aliphatic hydroxyl groups is 1. The van der Waals surface area contributed by atoms with Gasteiger partial charge in [-0.2, -0.15) is 4.98 Å². The maximum atomic E-state index is 12.4. The zero-order valence-corrected chi connectivity index (χ0v) is 20.7. The molecule has 5 rings (SSSR count). The number of esters is 1. The Morgan fingerprint density at radius 1 is 0.973 bits per heavy atom. The van der Waals surface area contributed by atoms with Gasteiger partial charge in [0.05, 0.1) is 30.9 Å². The van der Waals surface area contributed by atoms with Crippen molar-refractivity contribution in [1.82, 2.24) is 9.97 Å². The molecule has 3 aromatic carbocycles. The lowest BCUT2D eigenvalue weighted by atomic mass is 9.64. The Labute approximate surface area is 216 Å². The summed E-state index contributed by atoms with van der Waals surface area (Å²) in [6.45, 7) is -0.0825. The number of aromatic nitrogens is 2. The largest absolute Gasteiger partial charge is 0.468 e. The molecule has 0 radical (unpaired) electrons. The summed E-state index contributed by atoms with van der Waals surface area (Å²) in [4.78, 5) is 21.9. The average Bonchev–Trinajstić information content (AvgIpc) is 2.92. The summed E-state index contributed by atoms with van der Waals surface area (Å²) < 4.78 is 5.08. The van der Waals surface area contributed by atoms with Crippen molar-refractivity contribution in [2.24, 2.45) is 0 Å². The quantitative estimate of drug-likeness (QED) is 0.260. The highest BCUT2D eigenvalue weighted by Gasteiger charge is 2.46. The van der Waals surface area contributed by atoms with Crippen LogP contribution < -0.4 is 10.6 Å². The average molecular weight is 495 g/mol. The van der Waals surface area contributed by atoms with Crippen molar-refractivity contribution >= 4 is 23.4 Å². The third-order valence-electron chi connectivity index (χ3n) is 6.98. The SMILES string of the molecule is COC(=O)C1(c2ccc(Nc3nc(N[C@H](CO)c4ccccc4)cc(-c4ccccc4)n3)cc2)CCC1. The molecule has 0 spiro atoms. The van der Waals surface area contributed by atoms with Crippen molar-refractivity contribution < 1.29 is 14.6 Å².